The molecule has 0 bridgehead atoms. The topological polar surface area (TPSA) is 41.1 Å². The quantitative estimate of drug-likeness (QED) is 0.763. The van der Waals surface area contributed by atoms with Gasteiger partial charge in [-0.05, 0) is 51.1 Å². The number of amides is 1. The molecule has 0 aliphatic carbocycles. The van der Waals surface area contributed by atoms with E-state index in [2.05, 4.69) is 38.0 Å². The fourth-order valence-electron chi connectivity index (χ4n) is 1.62. The number of anilines is 2. The normalized spacial score (nSPS) is 10.3. The summed E-state index contributed by atoms with van der Waals surface area (Å²) in [6, 6.07) is 7.48. The molecule has 0 radical (unpaired) electrons. The van der Waals surface area contributed by atoms with Crippen molar-refractivity contribution < 1.29 is 4.79 Å². The van der Waals surface area contributed by atoms with E-state index in [9.17, 15) is 4.79 Å². The minimum absolute atomic E-state index is 0.0139. The highest BCUT2D eigenvalue weighted by Gasteiger charge is 2.05. The smallest absolute Gasteiger partial charge is 0.224 e. The van der Waals surface area contributed by atoms with Gasteiger partial charge >= 0.3 is 0 Å². The lowest BCUT2D eigenvalue weighted by Gasteiger charge is -2.10. The molecule has 2 aromatic rings. The first-order valence-electron chi connectivity index (χ1n) is 6.14. The summed E-state index contributed by atoms with van der Waals surface area (Å²) in [7, 11) is 0. The Hall–Kier alpha value is -1.04. The first kappa shape index (κ1) is 15.4. The van der Waals surface area contributed by atoms with Gasteiger partial charge in [0.1, 0.15) is 0 Å². The second-order valence-corrected chi connectivity index (χ2v) is 6.91. The van der Waals surface area contributed by atoms with Crippen LogP contribution in [0.25, 0.3) is 0 Å². The zero-order valence-corrected chi connectivity index (χ0v) is 14.0. The third kappa shape index (κ3) is 4.23. The minimum Gasteiger partial charge on any atom is -0.380 e. The lowest BCUT2D eigenvalue weighted by atomic mass is 10.2. The first-order valence-corrected chi connectivity index (χ1v) is 8.19. The summed E-state index contributed by atoms with van der Waals surface area (Å²) in [4.78, 5) is 11.4. The summed E-state index contributed by atoms with van der Waals surface area (Å²) < 4.78 is 1.10. The SMILES string of the molecule is CCC(=O)Nc1ccc(Cl)c(NCc2csc(Br)c2)c1. The molecular weight excluding hydrogens is 360 g/mol. The molecule has 2 rings (SSSR count). The van der Waals surface area contributed by atoms with Crippen molar-refractivity contribution >= 4 is 56.1 Å². The van der Waals surface area contributed by atoms with Crippen molar-refractivity contribution in [3.63, 3.8) is 0 Å². The van der Waals surface area contributed by atoms with Gasteiger partial charge in [0.2, 0.25) is 5.91 Å². The zero-order valence-electron chi connectivity index (χ0n) is 10.9. The monoisotopic (exact) mass is 372 g/mol. The van der Waals surface area contributed by atoms with Crippen molar-refractivity contribution in [2.24, 2.45) is 0 Å². The number of hydrogen-bond donors (Lipinski definition) is 2. The van der Waals surface area contributed by atoms with Crippen molar-refractivity contribution in [3.8, 4) is 0 Å². The van der Waals surface area contributed by atoms with Crippen LogP contribution in [-0.2, 0) is 11.3 Å². The highest BCUT2D eigenvalue weighted by Crippen LogP contribution is 2.27. The van der Waals surface area contributed by atoms with E-state index in [1.807, 2.05) is 13.0 Å². The largest absolute Gasteiger partial charge is 0.380 e. The molecule has 0 unspecified atom stereocenters. The fourth-order valence-corrected chi connectivity index (χ4v) is 3.02. The Morgan fingerprint density at radius 2 is 2.20 bits per heavy atom. The van der Waals surface area contributed by atoms with Crippen LogP contribution in [0.15, 0.2) is 33.4 Å². The number of nitrogens with one attached hydrogen (secondary N) is 2. The molecule has 0 aliphatic rings. The average molecular weight is 374 g/mol. The number of benzene rings is 1. The highest BCUT2D eigenvalue weighted by atomic mass is 79.9. The van der Waals surface area contributed by atoms with E-state index in [0.717, 1.165) is 15.2 Å². The molecule has 1 aromatic heterocycles. The van der Waals surface area contributed by atoms with Gasteiger partial charge in [0.25, 0.3) is 0 Å². The number of hydrogen-bond acceptors (Lipinski definition) is 3. The number of halogens is 2. The Morgan fingerprint density at radius 3 is 2.85 bits per heavy atom. The fraction of sp³-hybridized carbons (Fsp3) is 0.214. The molecule has 0 atom stereocenters. The summed E-state index contributed by atoms with van der Waals surface area (Å²) in [6.45, 7) is 2.51. The molecule has 3 nitrogen and oxygen atoms in total. The van der Waals surface area contributed by atoms with Crippen LogP contribution in [0.1, 0.15) is 18.9 Å². The number of thiophene rings is 1. The van der Waals surface area contributed by atoms with E-state index in [1.165, 1.54) is 5.56 Å². The maximum Gasteiger partial charge on any atom is 0.224 e. The molecule has 20 heavy (non-hydrogen) atoms. The van der Waals surface area contributed by atoms with E-state index < -0.39 is 0 Å². The van der Waals surface area contributed by atoms with E-state index in [-0.39, 0.29) is 5.91 Å². The van der Waals surface area contributed by atoms with Crippen LogP contribution in [0.3, 0.4) is 0 Å². The van der Waals surface area contributed by atoms with Crippen LogP contribution in [-0.4, -0.2) is 5.91 Å². The number of carbonyl (C=O) groups excluding carboxylic acids is 1. The van der Waals surface area contributed by atoms with Gasteiger partial charge in [0.15, 0.2) is 0 Å². The Balaban J connectivity index is 2.06. The lowest BCUT2D eigenvalue weighted by Crippen LogP contribution is -2.09. The Bertz CT molecular complexity index is 615. The molecule has 0 saturated heterocycles. The standard InChI is InChI=1S/C14H14BrClN2OS/c1-2-14(19)18-10-3-4-11(16)12(6-10)17-7-9-5-13(15)20-8-9/h3-6,8,17H,2,7H2,1H3,(H,18,19). The molecule has 2 N–H and O–H groups in total. The van der Waals surface area contributed by atoms with Gasteiger partial charge in [-0.1, -0.05) is 18.5 Å². The summed E-state index contributed by atoms with van der Waals surface area (Å²) >= 11 is 11.2. The van der Waals surface area contributed by atoms with Gasteiger partial charge in [-0.2, -0.15) is 0 Å². The van der Waals surface area contributed by atoms with Gasteiger partial charge in [0, 0.05) is 18.7 Å². The van der Waals surface area contributed by atoms with Gasteiger partial charge in [-0.3, -0.25) is 4.79 Å². The van der Waals surface area contributed by atoms with Crippen molar-refractivity contribution in [1.82, 2.24) is 0 Å². The summed E-state index contributed by atoms with van der Waals surface area (Å²) in [6.07, 6.45) is 0.453. The molecule has 1 heterocycles. The van der Waals surface area contributed by atoms with Crippen molar-refractivity contribution in [1.29, 1.82) is 0 Å². The van der Waals surface area contributed by atoms with Gasteiger partial charge < -0.3 is 10.6 Å². The van der Waals surface area contributed by atoms with Gasteiger partial charge in [0.05, 0.1) is 14.5 Å². The van der Waals surface area contributed by atoms with Crippen LogP contribution in [0.5, 0.6) is 0 Å². The zero-order chi connectivity index (χ0) is 14.5. The van der Waals surface area contributed by atoms with Crippen molar-refractivity contribution in [3.05, 3.63) is 44.0 Å². The molecule has 1 amide bonds. The van der Waals surface area contributed by atoms with Crippen LogP contribution >= 0.6 is 38.9 Å². The third-order valence-electron chi connectivity index (χ3n) is 2.68. The second kappa shape index (κ2) is 7.11. The van der Waals surface area contributed by atoms with Crippen LogP contribution in [0.4, 0.5) is 11.4 Å². The minimum atomic E-state index is -0.0139. The Morgan fingerprint density at radius 1 is 1.40 bits per heavy atom. The molecule has 0 saturated carbocycles. The second-order valence-electron chi connectivity index (χ2n) is 4.21. The summed E-state index contributed by atoms with van der Waals surface area (Å²) in [5, 5.41) is 8.81. The van der Waals surface area contributed by atoms with Crippen LogP contribution in [0.2, 0.25) is 5.02 Å². The van der Waals surface area contributed by atoms with Crippen molar-refractivity contribution in [2.45, 2.75) is 19.9 Å². The molecule has 1 aromatic carbocycles. The van der Waals surface area contributed by atoms with Crippen LogP contribution < -0.4 is 10.6 Å². The maximum absolute atomic E-state index is 11.4. The Labute approximate surface area is 135 Å². The van der Waals surface area contributed by atoms with Crippen LogP contribution in [0, 0.1) is 0 Å². The highest BCUT2D eigenvalue weighted by molar-refractivity contribution is 9.11. The van der Waals surface area contributed by atoms with Gasteiger partial charge in [-0.15, -0.1) is 11.3 Å². The van der Waals surface area contributed by atoms with Gasteiger partial charge in [-0.25, -0.2) is 0 Å². The molecule has 0 aliphatic heterocycles. The molecule has 106 valence electrons. The molecule has 0 fully saturated rings. The Kier molecular flexibility index (Phi) is 5.46. The molecular formula is C14H14BrClN2OS. The number of carbonyl (C=O) groups is 1. The number of rotatable bonds is 5. The van der Waals surface area contributed by atoms with Crippen molar-refractivity contribution in [2.75, 3.05) is 10.6 Å². The molecule has 0 spiro atoms. The lowest BCUT2D eigenvalue weighted by molar-refractivity contribution is -0.115. The van der Waals surface area contributed by atoms with E-state index in [0.29, 0.717) is 18.0 Å². The van der Waals surface area contributed by atoms with E-state index >= 15 is 0 Å². The third-order valence-corrected chi connectivity index (χ3v) is 4.56. The predicted octanol–water partition coefficient (Wildman–Crippen LogP) is 5.12. The van der Waals surface area contributed by atoms with E-state index in [1.54, 1.807) is 23.5 Å². The average Bonchev–Trinajstić information content (AvgIpc) is 2.85. The predicted molar refractivity (Wildman–Crippen MR) is 89.7 cm³/mol. The molecule has 6 heteroatoms. The van der Waals surface area contributed by atoms with E-state index in [4.69, 9.17) is 11.6 Å². The maximum atomic E-state index is 11.4. The first-order chi connectivity index (χ1) is 9.58. The summed E-state index contributed by atoms with van der Waals surface area (Å²) in [5.41, 5.74) is 2.74. The summed E-state index contributed by atoms with van der Waals surface area (Å²) in [5.74, 6) is -0.0139.